The second-order valence-corrected chi connectivity index (χ2v) is 8.54. The quantitative estimate of drug-likeness (QED) is 0.319. The number of hydrogen-bond acceptors (Lipinski definition) is 6. The van der Waals surface area contributed by atoms with Gasteiger partial charge in [-0.3, -0.25) is 14.2 Å². The van der Waals surface area contributed by atoms with Crippen molar-refractivity contribution in [2.45, 2.75) is 5.16 Å². The van der Waals surface area contributed by atoms with E-state index in [0.29, 0.717) is 37.6 Å². The number of fused-ring (bicyclic) bond motifs is 1. The molecule has 2 aromatic heterocycles. The number of thiophene rings is 1. The van der Waals surface area contributed by atoms with Crippen LogP contribution in [0.5, 0.6) is 11.5 Å². The molecule has 0 saturated carbocycles. The highest BCUT2D eigenvalue weighted by molar-refractivity contribution is 7.99. The minimum atomic E-state index is -0.194. The van der Waals surface area contributed by atoms with Crippen molar-refractivity contribution in [3.05, 3.63) is 75.4 Å². The maximum absolute atomic E-state index is 12.3. The van der Waals surface area contributed by atoms with Crippen molar-refractivity contribution < 1.29 is 9.53 Å². The Morgan fingerprint density at radius 1 is 1.20 bits per heavy atom. The maximum atomic E-state index is 12.3. The van der Waals surface area contributed by atoms with Crippen LogP contribution in [0.25, 0.3) is 10.2 Å². The summed E-state index contributed by atoms with van der Waals surface area (Å²) in [6, 6.07) is 16.0. The zero-order valence-electron chi connectivity index (χ0n) is 15.8. The van der Waals surface area contributed by atoms with Crippen LogP contribution in [0, 0.1) is 0 Å². The first kappa shape index (κ1) is 20.5. The number of halogens is 1. The fourth-order valence-corrected chi connectivity index (χ4v) is 4.45. The summed E-state index contributed by atoms with van der Waals surface area (Å²) in [6.07, 6.45) is 0. The lowest BCUT2D eigenvalue weighted by Crippen LogP contribution is -2.20. The molecule has 9 heteroatoms. The van der Waals surface area contributed by atoms with E-state index in [1.54, 1.807) is 49.5 Å². The predicted molar refractivity (Wildman–Crippen MR) is 122 cm³/mol. The van der Waals surface area contributed by atoms with Gasteiger partial charge in [0.1, 0.15) is 16.3 Å². The first-order chi connectivity index (χ1) is 14.5. The summed E-state index contributed by atoms with van der Waals surface area (Å²) >= 11 is 8.72. The maximum Gasteiger partial charge on any atom is 0.262 e. The molecule has 6 nitrogen and oxygen atoms in total. The molecule has 1 amide bonds. The molecule has 4 aromatic rings. The van der Waals surface area contributed by atoms with E-state index in [1.807, 2.05) is 17.5 Å². The van der Waals surface area contributed by atoms with Crippen molar-refractivity contribution in [1.82, 2.24) is 9.55 Å². The molecular formula is C21H16ClN3O3S2. The van der Waals surface area contributed by atoms with Gasteiger partial charge >= 0.3 is 0 Å². The van der Waals surface area contributed by atoms with Gasteiger partial charge in [0.25, 0.3) is 5.56 Å². The second kappa shape index (κ2) is 8.91. The van der Waals surface area contributed by atoms with E-state index < -0.39 is 0 Å². The highest BCUT2D eigenvalue weighted by atomic mass is 35.5. The van der Waals surface area contributed by atoms with Gasteiger partial charge in [-0.1, -0.05) is 35.5 Å². The van der Waals surface area contributed by atoms with Crippen LogP contribution in [0.3, 0.4) is 0 Å². The van der Waals surface area contributed by atoms with Crippen LogP contribution < -0.4 is 15.6 Å². The summed E-state index contributed by atoms with van der Waals surface area (Å²) in [6.45, 7) is 0. The molecule has 0 saturated heterocycles. The molecule has 0 aliphatic carbocycles. The molecule has 0 radical (unpaired) electrons. The second-order valence-electron chi connectivity index (χ2n) is 6.29. The van der Waals surface area contributed by atoms with Crippen LogP contribution in [0.15, 0.2) is 69.9 Å². The third-order valence-corrected chi connectivity index (χ3v) is 6.35. The number of aromatic nitrogens is 2. The third-order valence-electron chi connectivity index (χ3n) is 4.20. The molecule has 0 aliphatic rings. The number of amides is 1. The molecule has 0 atom stereocenters. The van der Waals surface area contributed by atoms with E-state index in [-0.39, 0.29) is 17.2 Å². The number of nitrogens with one attached hydrogen (secondary N) is 1. The lowest BCUT2D eigenvalue weighted by molar-refractivity contribution is -0.113. The van der Waals surface area contributed by atoms with Crippen molar-refractivity contribution in [3.63, 3.8) is 0 Å². The number of benzene rings is 2. The van der Waals surface area contributed by atoms with Crippen LogP contribution >= 0.6 is 34.7 Å². The Balaban J connectivity index is 1.37. The summed E-state index contributed by atoms with van der Waals surface area (Å²) in [5, 5.41) is 6.28. The molecule has 0 spiro atoms. The zero-order valence-corrected chi connectivity index (χ0v) is 18.2. The van der Waals surface area contributed by atoms with Gasteiger partial charge in [0.05, 0.1) is 16.2 Å². The molecule has 0 bridgehead atoms. The summed E-state index contributed by atoms with van der Waals surface area (Å²) in [7, 11) is 1.66. The van der Waals surface area contributed by atoms with Gasteiger partial charge in [-0.2, -0.15) is 0 Å². The van der Waals surface area contributed by atoms with E-state index in [1.165, 1.54) is 27.7 Å². The number of carbonyl (C=O) groups excluding carboxylic acids is 1. The van der Waals surface area contributed by atoms with Crippen molar-refractivity contribution in [3.8, 4) is 11.5 Å². The van der Waals surface area contributed by atoms with Crippen LogP contribution in [0.4, 0.5) is 5.69 Å². The van der Waals surface area contributed by atoms with Gasteiger partial charge in [-0.15, -0.1) is 11.3 Å². The normalized spacial score (nSPS) is 10.9. The van der Waals surface area contributed by atoms with Crippen LogP contribution in [-0.4, -0.2) is 21.2 Å². The Bertz CT molecular complexity index is 1270. The molecule has 30 heavy (non-hydrogen) atoms. The van der Waals surface area contributed by atoms with Gasteiger partial charge in [0, 0.05) is 12.7 Å². The fraction of sp³-hybridized carbons (Fsp3) is 0.0952. The molecule has 0 aliphatic heterocycles. The first-order valence-electron chi connectivity index (χ1n) is 8.90. The summed E-state index contributed by atoms with van der Waals surface area (Å²) in [4.78, 5) is 29.8. The van der Waals surface area contributed by atoms with Crippen molar-refractivity contribution in [2.75, 3.05) is 11.1 Å². The first-order valence-corrected chi connectivity index (χ1v) is 11.1. The lowest BCUT2D eigenvalue weighted by atomic mass is 10.3. The van der Waals surface area contributed by atoms with E-state index >= 15 is 0 Å². The fourth-order valence-electron chi connectivity index (χ4n) is 2.70. The third kappa shape index (κ3) is 4.51. The highest BCUT2D eigenvalue weighted by Gasteiger charge is 2.12. The van der Waals surface area contributed by atoms with Gasteiger partial charge in [0.15, 0.2) is 5.16 Å². The molecule has 2 heterocycles. The lowest BCUT2D eigenvalue weighted by Gasteiger charge is -2.10. The molecule has 0 unspecified atom stereocenters. The average Bonchev–Trinajstić information content (AvgIpc) is 3.21. The SMILES string of the molecule is Cn1c(SCC(=O)Nc2ccc(Oc3ccccc3Cl)cc2)nc2sccc2c1=O. The summed E-state index contributed by atoms with van der Waals surface area (Å²) in [5.74, 6) is 1.11. The molecule has 2 aromatic carbocycles. The number of hydrogen-bond donors (Lipinski definition) is 1. The van der Waals surface area contributed by atoms with Gasteiger partial charge in [0.2, 0.25) is 5.91 Å². The minimum Gasteiger partial charge on any atom is -0.456 e. The number of rotatable bonds is 6. The molecule has 4 rings (SSSR count). The van der Waals surface area contributed by atoms with Gasteiger partial charge in [-0.25, -0.2) is 4.98 Å². The van der Waals surface area contributed by atoms with Crippen molar-refractivity contribution in [2.24, 2.45) is 7.05 Å². The summed E-state index contributed by atoms with van der Waals surface area (Å²) in [5.41, 5.74) is 0.529. The van der Waals surface area contributed by atoms with Crippen LogP contribution in [0.1, 0.15) is 0 Å². The van der Waals surface area contributed by atoms with Gasteiger partial charge < -0.3 is 10.1 Å². The number of thioether (sulfide) groups is 1. The Hall–Kier alpha value is -2.81. The molecular weight excluding hydrogens is 442 g/mol. The number of para-hydroxylation sites is 1. The largest absolute Gasteiger partial charge is 0.456 e. The van der Waals surface area contributed by atoms with E-state index in [2.05, 4.69) is 10.3 Å². The Morgan fingerprint density at radius 3 is 2.73 bits per heavy atom. The number of anilines is 1. The number of ether oxygens (including phenoxy) is 1. The summed E-state index contributed by atoms with van der Waals surface area (Å²) < 4.78 is 7.21. The Labute approximate surface area is 185 Å². The average molecular weight is 458 g/mol. The van der Waals surface area contributed by atoms with E-state index in [4.69, 9.17) is 16.3 Å². The smallest absolute Gasteiger partial charge is 0.262 e. The molecule has 1 N–H and O–H groups in total. The Morgan fingerprint density at radius 2 is 1.97 bits per heavy atom. The Kier molecular flexibility index (Phi) is 6.08. The standard InChI is InChI=1S/C21H16ClN3O3S2/c1-25-20(27)15-10-11-29-19(15)24-21(25)30-12-18(26)23-13-6-8-14(9-7-13)28-17-5-3-2-4-16(17)22/h2-11H,12H2,1H3,(H,23,26). The zero-order chi connectivity index (χ0) is 21.1. The van der Waals surface area contributed by atoms with Crippen LogP contribution in [-0.2, 0) is 11.8 Å². The van der Waals surface area contributed by atoms with Crippen LogP contribution in [0.2, 0.25) is 5.02 Å². The van der Waals surface area contributed by atoms with Gasteiger partial charge in [-0.05, 0) is 47.8 Å². The topological polar surface area (TPSA) is 73.2 Å². The molecule has 152 valence electrons. The van der Waals surface area contributed by atoms with Crippen molar-refractivity contribution >= 4 is 56.5 Å². The minimum absolute atomic E-state index is 0.113. The van der Waals surface area contributed by atoms with Crippen molar-refractivity contribution in [1.29, 1.82) is 0 Å². The van der Waals surface area contributed by atoms with E-state index in [0.717, 1.165) is 0 Å². The number of carbonyl (C=O) groups is 1. The van der Waals surface area contributed by atoms with E-state index in [9.17, 15) is 9.59 Å². The monoisotopic (exact) mass is 457 g/mol. The number of nitrogens with zero attached hydrogens (tertiary/aromatic N) is 2. The molecule has 0 fully saturated rings. The predicted octanol–water partition coefficient (Wildman–Crippen LogP) is 5.17. The highest BCUT2D eigenvalue weighted by Crippen LogP contribution is 2.29.